The van der Waals surface area contributed by atoms with Crippen LogP contribution in [0, 0.1) is 0 Å². The highest BCUT2D eigenvalue weighted by molar-refractivity contribution is 5.95. The molecule has 2 aromatic carbocycles. The standard InChI is InChI=1S/C18H18N2O5/c1-11-16(25-15-6-4-3-5-14(15)24-11)17(21)19-12-7-9-13(10-8-12)20-18(22)23-2/h3-11,16H,1-2H3,(H,19,21)(H,20,22)/t11-,16-/m0/s1. The summed E-state index contributed by atoms with van der Waals surface area (Å²) in [5, 5.41) is 5.31. The zero-order valence-corrected chi connectivity index (χ0v) is 13.8. The molecule has 2 aromatic rings. The van der Waals surface area contributed by atoms with Crippen molar-refractivity contribution in [1.29, 1.82) is 0 Å². The first-order valence-corrected chi connectivity index (χ1v) is 7.75. The van der Waals surface area contributed by atoms with Crippen molar-refractivity contribution in [3.8, 4) is 11.5 Å². The zero-order chi connectivity index (χ0) is 17.8. The number of methoxy groups -OCH3 is 1. The van der Waals surface area contributed by atoms with Crippen LogP contribution in [0.15, 0.2) is 48.5 Å². The smallest absolute Gasteiger partial charge is 0.411 e. The van der Waals surface area contributed by atoms with Gasteiger partial charge in [-0.2, -0.15) is 0 Å². The van der Waals surface area contributed by atoms with E-state index in [2.05, 4.69) is 15.4 Å². The van der Waals surface area contributed by atoms with Gasteiger partial charge in [-0.25, -0.2) is 4.79 Å². The Balaban J connectivity index is 1.65. The van der Waals surface area contributed by atoms with Crippen molar-refractivity contribution in [3.05, 3.63) is 48.5 Å². The van der Waals surface area contributed by atoms with Crippen LogP contribution in [0.3, 0.4) is 0 Å². The molecule has 2 amide bonds. The first-order valence-electron chi connectivity index (χ1n) is 7.75. The number of ether oxygens (including phenoxy) is 3. The third kappa shape index (κ3) is 3.82. The molecule has 0 fully saturated rings. The summed E-state index contributed by atoms with van der Waals surface area (Å²) in [6, 6.07) is 13.9. The summed E-state index contributed by atoms with van der Waals surface area (Å²) < 4.78 is 16.0. The van der Waals surface area contributed by atoms with E-state index in [1.54, 1.807) is 43.3 Å². The summed E-state index contributed by atoms with van der Waals surface area (Å²) in [4.78, 5) is 23.6. The monoisotopic (exact) mass is 342 g/mol. The number of fused-ring (bicyclic) bond motifs is 1. The van der Waals surface area contributed by atoms with Crippen LogP contribution in [-0.2, 0) is 9.53 Å². The fourth-order valence-corrected chi connectivity index (χ4v) is 2.43. The van der Waals surface area contributed by atoms with Gasteiger partial charge >= 0.3 is 6.09 Å². The molecule has 0 saturated carbocycles. The van der Waals surface area contributed by atoms with E-state index in [1.165, 1.54) is 7.11 Å². The Hall–Kier alpha value is -3.22. The number of hydrogen-bond donors (Lipinski definition) is 2. The quantitative estimate of drug-likeness (QED) is 0.895. The molecule has 130 valence electrons. The molecule has 2 N–H and O–H groups in total. The molecular weight excluding hydrogens is 324 g/mol. The van der Waals surface area contributed by atoms with Crippen LogP contribution in [0.4, 0.5) is 16.2 Å². The van der Waals surface area contributed by atoms with E-state index >= 15 is 0 Å². The van der Waals surface area contributed by atoms with Gasteiger partial charge in [-0.3, -0.25) is 10.1 Å². The van der Waals surface area contributed by atoms with E-state index in [0.29, 0.717) is 22.9 Å². The third-order valence-electron chi connectivity index (χ3n) is 3.68. The van der Waals surface area contributed by atoms with Crippen LogP contribution >= 0.6 is 0 Å². The number of para-hydroxylation sites is 2. The van der Waals surface area contributed by atoms with Crippen molar-refractivity contribution in [2.45, 2.75) is 19.1 Å². The lowest BCUT2D eigenvalue weighted by atomic mass is 10.1. The van der Waals surface area contributed by atoms with E-state index in [9.17, 15) is 9.59 Å². The van der Waals surface area contributed by atoms with Gasteiger partial charge in [0.1, 0.15) is 6.10 Å². The molecular formula is C18H18N2O5. The van der Waals surface area contributed by atoms with Crippen LogP contribution in [-0.4, -0.2) is 31.3 Å². The first kappa shape index (κ1) is 16.6. The average molecular weight is 342 g/mol. The molecule has 7 nitrogen and oxygen atoms in total. The van der Waals surface area contributed by atoms with Gasteiger partial charge in [-0.15, -0.1) is 0 Å². The number of benzene rings is 2. The van der Waals surface area contributed by atoms with Crippen molar-refractivity contribution in [1.82, 2.24) is 0 Å². The van der Waals surface area contributed by atoms with E-state index < -0.39 is 18.3 Å². The van der Waals surface area contributed by atoms with Crippen molar-refractivity contribution < 1.29 is 23.8 Å². The Morgan fingerprint density at radius 1 is 0.920 bits per heavy atom. The molecule has 2 atom stereocenters. The normalized spacial score (nSPS) is 18.2. The minimum atomic E-state index is -0.761. The lowest BCUT2D eigenvalue weighted by Crippen LogP contribution is -2.46. The SMILES string of the molecule is COC(=O)Nc1ccc(NC(=O)[C@H]2Oc3ccccc3O[C@H]2C)cc1. The number of rotatable bonds is 3. The average Bonchev–Trinajstić information content (AvgIpc) is 2.62. The minimum Gasteiger partial charge on any atom is -0.482 e. The number of carbonyl (C=O) groups excluding carboxylic acids is 2. The van der Waals surface area contributed by atoms with Gasteiger partial charge in [0.2, 0.25) is 6.10 Å². The van der Waals surface area contributed by atoms with Gasteiger partial charge < -0.3 is 19.5 Å². The van der Waals surface area contributed by atoms with E-state index in [-0.39, 0.29) is 5.91 Å². The molecule has 0 spiro atoms. The Morgan fingerprint density at radius 2 is 1.48 bits per heavy atom. The van der Waals surface area contributed by atoms with Crippen LogP contribution in [0.25, 0.3) is 0 Å². The Morgan fingerprint density at radius 3 is 2.08 bits per heavy atom. The number of anilines is 2. The van der Waals surface area contributed by atoms with Gasteiger partial charge in [0.05, 0.1) is 7.11 Å². The molecule has 0 saturated heterocycles. The van der Waals surface area contributed by atoms with Crippen LogP contribution < -0.4 is 20.1 Å². The molecule has 0 radical (unpaired) electrons. The molecule has 3 rings (SSSR count). The Kier molecular flexibility index (Phi) is 4.74. The van der Waals surface area contributed by atoms with Crippen molar-refractivity contribution in [2.75, 3.05) is 17.7 Å². The van der Waals surface area contributed by atoms with Crippen LogP contribution in [0.1, 0.15) is 6.92 Å². The highest BCUT2D eigenvalue weighted by atomic mass is 16.6. The number of nitrogens with one attached hydrogen (secondary N) is 2. The maximum Gasteiger partial charge on any atom is 0.411 e. The minimum absolute atomic E-state index is 0.310. The maximum atomic E-state index is 12.5. The highest BCUT2D eigenvalue weighted by Gasteiger charge is 2.34. The number of amides is 2. The number of carbonyl (C=O) groups is 2. The molecule has 0 bridgehead atoms. The third-order valence-corrected chi connectivity index (χ3v) is 3.68. The predicted molar refractivity (Wildman–Crippen MR) is 92.0 cm³/mol. The summed E-state index contributed by atoms with van der Waals surface area (Å²) in [6.45, 7) is 1.78. The van der Waals surface area contributed by atoms with Gasteiger partial charge in [-0.1, -0.05) is 12.1 Å². The second kappa shape index (κ2) is 7.12. The maximum absolute atomic E-state index is 12.5. The summed E-state index contributed by atoms with van der Waals surface area (Å²) in [6.07, 6.45) is -1.74. The second-order valence-corrected chi connectivity index (χ2v) is 5.49. The number of hydrogen-bond acceptors (Lipinski definition) is 5. The van der Waals surface area contributed by atoms with Crippen LogP contribution in [0.5, 0.6) is 11.5 Å². The van der Waals surface area contributed by atoms with E-state index in [1.807, 2.05) is 12.1 Å². The van der Waals surface area contributed by atoms with Gasteiger partial charge in [0.15, 0.2) is 11.5 Å². The molecule has 0 aromatic heterocycles. The lowest BCUT2D eigenvalue weighted by Gasteiger charge is -2.31. The second-order valence-electron chi connectivity index (χ2n) is 5.49. The molecule has 1 aliphatic heterocycles. The fourth-order valence-electron chi connectivity index (χ4n) is 2.43. The largest absolute Gasteiger partial charge is 0.482 e. The molecule has 1 heterocycles. The van der Waals surface area contributed by atoms with Crippen molar-refractivity contribution in [3.63, 3.8) is 0 Å². The summed E-state index contributed by atoms with van der Waals surface area (Å²) >= 11 is 0. The summed E-state index contributed by atoms with van der Waals surface area (Å²) in [7, 11) is 1.29. The Bertz CT molecular complexity index is 775. The van der Waals surface area contributed by atoms with Crippen molar-refractivity contribution >= 4 is 23.4 Å². The van der Waals surface area contributed by atoms with Gasteiger partial charge in [0, 0.05) is 11.4 Å². The highest BCUT2D eigenvalue weighted by Crippen LogP contribution is 2.33. The van der Waals surface area contributed by atoms with Crippen molar-refractivity contribution in [2.24, 2.45) is 0 Å². The van der Waals surface area contributed by atoms with Crippen LogP contribution in [0.2, 0.25) is 0 Å². The summed E-state index contributed by atoms with van der Waals surface area (Å²) in [5.74, 6) is 0.853. The topological polar surface area (TPSA) is 85.9 Å². The summed E-state index contributed by atoms with van der Waals surface area (Å²) in [5.41, 5.74) is 1.14. The molecule has 7 heteroatoms. The fraction of sp³-hybridized carbons (Fsp3) is 0.222. The van der Waals surface area contributed by atoms with E-state index in [4.69, 9.17) is 9.47 Å². The molecule has 0 unspecified atom stereocenters. The molecule has 1 aliphatic rings. The molecule has 25 heavy (non-hydrogen) atoms. The van der Waals surface area contributed by atoms with E-state index in [0.717, 1.165) is 0 Å². The zero-order valence-electron chi connectivity index (χ0n) is 13.8. The predicted octanol–water partition coefficient (Wildman–Crippen LogP) is 3.03. The van der Waals surface area contributed by atoms with Gasteiger partial charge in [0.25, 0.3) is 5.91 Å². The van der Waals surface area contributed by atoms with Gasteiger partial charge in [-0.05, 0) is 43.3 Å². The Labute approximate surface area is 144 Å². The lowest BCUT2D eigenvalue weighted by molar-refractivity contribution is -0.128. The molecule has 0 aliphatic carbocycles. The first-order chi connectivity index (χ1) is 12.1.